The normalized spacial score (nSPS) is 14.1. The summed E-state index contributed by atoms with van der Waals surface area (Å²) >= 11 is 0. The molecular formula is C22H25N5O2. The summed E-state index contributed by atoms with van der Waals surface area (Å²) in [6.45, 7) is 7.55. The SMILES string of the molecule is CCN(c1ccccc1)c1cc(N2CCN(C(=O)c3ccco3)CC2)nc(C)n1. The summed E-state index contributed by atoms with van der Waals surface area (Å²) in [5.41, 5.74) is 1.10. The predicted octanol–water partition coefficient (Wildman–Crippen LogP) is 3.50. The Morgan fingerprint density at radius 2 is 1.83 bits per heavy atom. The molecule has 0 N–H and O–H groups in total. The highest BCUT2D eigenvalue weighted by Crippen LogP contribution is 2.26. The standard InChI is InChI=1S/C22H25N5O2/c1-3-27(18-8-5-4-6-9-18)21-16-20(23-17(2)24-21)25-11-13-26(14-12-25)22(28)19-10-7-15-29-19/h4-10,15-16H,3,11-14H2,1-2H3. The van der Waals surface area contributed by atoms with Gasteiger partial charge in [-0.05, 0) is 38.1 Å². The lowest BCUT2D eigenvalue weighted by atomic mass is 10.2. The van der Waals surface area contributed by atoms with Gasteiger partial charge in [-0.25, -0.2) is 9.97 Å². The van der Waals surface area contributed by atoms with Crippen LogP contribution in [-0.2, 0) is 0 Å². The van der Waals surface area contributed by atoms with Crippen molar-refractivity contribution in [1.82, 2.24) is 14.9 Å². The highest BCUT2D eigenvalue weighted by atomic mass is 16.3. The molecule has 29 heavy (non-hydrogen) atoms. The first-order valence-electron chi connectivity index (χ1n) is 9.91. The quantitative estimate of drug-likeness (QED) is 0.663. The van der Waals surface area contributed by atoms with Crippen molar-refractivity contribution in [3.8, 4) is 0 Å². The lowest BCUT2D eigenvalue weighted by molar-refractivity contribution is 0.0714. The Morgan fingerprint density at radius 3 is 2.48 bits per heavy atom. The van der Waals surface area contributed by atoms with Crippen LogP contribution in [0.2, 0.25) is 0 Å². The lowest BCUT2D eigenvalue weighted by Gasteiger charge is -2.35. The Balaban J connectivity index is 1.50. The second-order valence-electron chi connectivity index (χ2n) is 6.97. The van der Waals surface area contributed by atoms with Gasteiger partial charge < -0.3 is 19.1 Å². The van der Waals surface area contributed by atoms with E-state index in [-0.39, 0.29) is 5.91 Å². The van der Waals surface area contributed by atoms with Crippen molar-refractivity contribution in [3.05, 3.63) is 66.4 Å². The molecule has 1 fully saturated rings. The molecular weight excluding hydrogens is 366 g/mol. The Labute approximate surface area is 170 Å². The van der Waals surface area contributed by atoms with Crippen LogP contribution < -0.4 is 9.80 Å². The number of carbonyl (C=O) groups is 1. The molecule has 0 bridgehead atoms. The van der Waals surface area contributed by atoms with Gasteiger partial charge in [-0.2, -0.15) is 0 Å². The Kier molecular flexibility index (Phi) is 5.46. The molecule has 4 rings (SSSR count). The molecule has 3 aromatic rings. The smallest absolute Gasteiger partial charge is 0.289 e. The number of benzene rings is 1. The molecule has 0 saturated carbocycles. The van der Waals surface area contributed by atoms with Crippen molar-refractivity contribution in [2.75, 3.05) is 42.5 Å². The molecule has 2 aromatic heterocycles. The molecule has 1 aliphatic heterocycles. The molecule has 1 aliphatic rings. The molecule has 3 heterocycles. The van der Waals surface area contributed by atoms with Crippen molar-refractivity contribution in [1.29, 1.82) is 0 Å². The molecule has 1 saturated heterocycles. The van der Waals surface area contributed by atoms with Gasteiger partial charge in [-0.15, -0.1) is 0 Å². The van der Waals surface area contributed by atoms with Gasteiger partial charge in [0.15, 0.2) is 5.76 Å². The number of para-hydroxylation sites is 1. The molecule has 7 heteroatoms. The van der Waals surface area contributed by atoms with Crippen LogP contribution in [0.4, 0.5) is 17.3 Å². The zero-order valence-corrected chi connectivity index (χ0v) is 16.8. The molecule has 1 amide bonds. The number of furan rings is 1. The maximum atomic E-state index is 12.5. The summed E-state index contributed by atoms with van der Waals surface area (Å²) in [5, 5.41) is 0. The van der Waals surface area contributed by atoms with E-state index in [4.69, 9.17) is 4.42 Å². The van der Waals surface area contributed by atoms with Crippen LogP contribution >= 0.6 is 0 Å². The molecule has 0 spiro atoms. The molecule has 7 nitrogen and oxygen atoms in total. The van der Waals surface area contributed by atoms with Gasteiger partial charge in [0.05, 0.1) is 6.26 Å². The number of anilines is 3. The van der Waals surface area contributed by atoms with E-state index in [1.54, 1.807) is 12.1 Å². The van der Waals surface area contributed by atoms with Gasteiger partial charge in [-0.1, -0.05) is 18.2 Å². The number of nitrogens with zero attached hydrogens (tertiary/aromatic N) is 5. The lowest BCUT2D eigenvalue weighted by Crippen LogP contribution is -2.49. The molecule has 0 atom stereocenters. The number of piperazine rings is 1. The number of carbonyl (C=O) groups excluding carboxylic acids is 1. The van der Waals surface area contributed by atoms with Crippen LogP contribution in [0.25, 0.3) is 0 Å². The average Bonchev–Trinajstić information content (AvgIpc) is 3.29. The zero-order chi connectivity index (χ0) is 20.2. The summed E-state index contributed by atoms with van der Waals surface area (Å²) < 4.78 is 5.24. The largest absolute Gasteiger partial charge is 0.459 e. The highest BCUT2D eigenvalue weighted by Gasteiger charge is 2.25. The average molecular weight is 391 g/mol. The first-order valence-corrected chi connectivity index (χ1v) is 9.91. The van der Waals surface area contributed by atoms with Crippen molar-refractivity contribution in [3.63, 3.8) is 0 Å². The second kappa shape index (κ2) is 8.34. The molecule has 0 aliphatic carbocycles. The van der Waals surface area contributed by atoms with Gasteiger partial charge in [0.1, 0.15) is 17.5 Å². The minimum absolute atomic E-state index is 0.0598. The number of aromatic nitrogens is 2. The van der Waals surface area contributed by atoms with Crippen molar-refractivity contribution >= 4 is 23.2 Å². The summed E-state index contributed by atoms with van der Waals surface area (Å²) in [7, 11) is 0. The van der Waals surface area contributed by atoms with E-state index in [1.165, 1.54) is 6.26 Å². The third kappa shape index (κ3) is 4.08. The van der Waals surface area contributed by atoms with Gasteiger partial charge in [0.2, 0.25) is 0 Å². The van der Waals surface area contributed by atoms with Crippen LogP contribution in [0.1, 0.15) is 23.3 Å². The van der Waals surface area contributed by atoms with E-state index < -0.39 is 0 Å². The van der Waals surface area contributed by atoms with E-state index in [0.717, 1.165) is 42.8 Å². The van der Waals surface area contributed by atoms with E-state index in [9.17, 15) is 4.79 Å². The fourth-order valence-electron chi connectivity index (χ4n) is 3.62. The van der Waals surface area contributed by atoms with Gasteiger partial charge in [-0.3, -0.25) is 4.79 Å². The maximum absolute atomic E-state index is 12.5. The van der Waals surface area contributed by atoms with Crippen LogP contribution in [0.3, 0.4) is 0 Å². The minimum atomic E-state index is -0.0598. The van der Waals surface area contributed by atoms with Gasteiger partial charge >= 0.3 is 0 Å². The van der Waals surface area contributed by atoms with E-state index >= 15 is 0 Å². The summed E-state index contributed by atoms with van der Waals surface area (Å²) in [5.74, 6) is 2.85. The monoisotopic (exact) mass is 391 g/mol. The Morgan fingerprint density at radius 1 is 1.07 bits per heavy atom. The van der Waals surface area contributed by atoms with Gasteiger partial charge in [0, 0.05) is 44.5 Å². The van der Waals surface area contributed by atoms with E-state index in [1.807, 2.05) is 36.1 Å². The van der Waals surface area contributed by atoms with Crippen molar-refractivity contribution < 1.29 is 9.21 Å². The topological polar surface area (TPSA) is 65.7 Å². The van der Waals surface area contributed by atoms with Crippen LogP contribution in [-0.4, -0.2) is 53.5 Å². The van der Waals surface area contributed by atoms with E-state index in [2.05, 4.69) is 38.8 Å². The summed E-state index contributed by atoms with van der Waals surface area (Å²) in [6.07, 6.45) is 1.53. The second-order valence-corrected chi connectivity index (χ2v) is 6.97. The zero-order valence-electron chi connectivity index (χ0n) is 16.8. The minimum Gasteiger partial charge on any atom is -0.459 e. The first-order chi connectivity index (χ1) is 14.2. The molecule has 0 unspecified atom stereocenters. The van der Waals surface area contributed by atoms with E-state index in [0.29, 0.717) is 18.8 Å². The fraction of sp³-hybridized carbons (Fsp3) is 0.318. The number of rotatable bonds is 5. The number of hydrogen-bond acceptors (Lipinski definition) is 6. The summed E-state index contributed by atoms with van der Waals surface area (Å²) in [6, 6.07) is 15.7. The van der Waals surface area contributed by atoms with Crippen LogP contribution in [0.15, 0.2) is 59.2 Å². The third-order valence-electron chi connectivity index (χ3n) is 5.09. The Bertz CT molecular complexity index is 951. The molecule has 0 radical (unpaired) electrons. The number of hydrogen-bond donors (Lipinski definition) is 0. The first kappa shape index (κ1) is 19.0. The third-order valence-corrected chi connectivity index (χ3v) is 5.09. The number of amides is 1. The molecule has 150 valence electrons. The van der Waals surface area contributed by atoms with Crippen LogP contribution in [0.5, 0.6) is 0 Å². The van der Waals surface area contributed by atoms with Crippen LogP contribution in [0, 0.1) is 6.92 Å². The van der Waals surface area contributed by atoms with Gasteiger partial charge in [0.25, 0.3) is 5.91 Å². The Hall–Kier alpha value is -3.35. The fourth-order valence-corrected chi connectivity index (χ4v) is 3.62. The predicted molar refractivity (Wildman–Crippen MR) is 113 cm³/mol. The maximum Gasteiger partial charge on any atom is 0.289 e. The highest BCUT2D eigenvalue weighted by molar-refractivity contribution is 5.91. The number of aryl methyl sites for hydroxylation is 1. The van der Waals surface area contributed by atoms with Crippen molar-refractivity contribution in [2.45, 2.75) is 13.8 Å². The summed E-state index contributed by atoms with van der Waals surface area (Å²) in [4.78, 5) is 28.0. The molecule has 1 aromatic carbocycles. The van der Waals surface area contributed by atoms with Crippen molar-refractivity contribution in [2.24, 2.45) is 0 Å².